The maximum Gasteiger partial charge on any atom is 0.329 e. The van der Waals surface area contributed by atoms with E-state index in [1.165, 1.54) is 21.1 Å². The summed E-state index contributed by atoms with van der Waals surface area (Å²) in [6.07, 6.45) is 9.76. The van der Waals surface area contributed by atoms with Gasteiger partial charge in [-0.3, -0.25) is 24.0 Å². The molecule has 4 N–H and O–H groups in total. The molecule has 3 aliphatic heterocycles. The number of carbonyl (C=O) groups excluding carboxylic acids is 6. The maximum absolute atomic E-state index is 14.5. The van der Waals surface area contributed by atoms with Crippen LogP contribution in [-0.4, -0.2) is 156 Å². The van der Waals surface area contributed by atoms with Crippen molar-refractivity contribution in [2.45, 2.75) is 187 Å². The number of cyclic esters (lactones) is 1. The molecule has 17 nitrogen and oxygen atoms in total. The van der Waals surface area contributed by atoms with Crippen LogP contribution in [-0.2, 0) is 57.2 Å². The predicted octanol–water partition coefficient (Wildman–Crippen LogP) is 5.72. The Morgan fingerprint density at radius 3 is 2.21 bits per heavy atom. The van der Waals surface area contributed by atoms with Crippen molar-refractivity contribution in [1.29, 1.82) is 0 Å². The molecule has 17 heteroatoms. The molecule has 15 atom stereocenters. The number of rotatable bonds is 10. The van der Waals surface area contributed by atoms with Gasteiger partial charge in [0.25, 0.3) is 11.7 Å². The number of allylic oxidation sites excluding steroid dienone is 6. The van der Waals surface area contributed by atoms with Gasteiger partial charge in [-0.1, -0.05) is 71.1 Å². The van der Waals surface area contributed by atoms with Crippen LogP contribution in [0.3, 0.4) is 0 Å². The summed E-state index contributed by atoms with van der Waals surface area (Å²) in [6.45, 7) is 12.7. The van der Waals surface area contributed by atoms with E-state index < -0.39 is 120 Å². The first-order chi connectivity index (χ1) is 34.5. The number of ether oxygens (including phenoxy) is 6. The second kappa shape index (κ2) is 28.3. The standard InChI is InChI=1S/C56H87NO16/c1-33-17-13-12-14-18-34(2)45(68-9)29-41-22-20-39(7)56(67,73-41)51(63)52(64)57-24-16-15-19-42(57)53(65)71-46(30-43(60)35(3)26-38(6)49(62)50(70-11)48(61)37(5)25-33)36(4)27-40-21-23-44(47(28-40)69-10)72-54(66)55(8,31-58)32-59/h12-14,17-18,26,33,35-37,39-42,44-47,49-50,58-59,62,67H,15-16,19-25,27-32H2,1-11H3/b14-12+,17-13+,34-18-,38-26+. The van der Waals surface area contributed by atoms with Crippen molar-refractivity contribution in [2.75, 3.05) is 41.1 Å². The van der Waals surface area contributed by atoms with E-state index in [9.17, 15) is 49.2 Å². The van der Waals surface area contributed by atoms with E-state index in [1.807, 2.05) is 51.2 Å². The van der Waals surface area contributed by atoms with Crippen LogP contribution in [0.4, 0.5) is 0 Å². The molecule has 0 aromatic heterocycles. The number of hydrogen-bond donors (Lipinski definition) is 4. The van der Waals surface area contributed by atoms with Crippen LogP contribution < -0.4 is 0 Å². The Labute approximate surface area is 433 Å². The number of ketones is 3. The maximum atomic E-state index is 14.5. The Bertz CT molecular complexity index is 2010. The third-order valence-corrected chi connectivity index (χ3v) is 15.9. The molecule has 1 saturated carbocycles. The lowest BCUT2D eigenvalue weighted by Crippen LogP contribution is -2.61. The highest BCUT2D eigenvalue weighted by atomic mass is 16.6. The summed E-state index contributed by atoms with van der Waals surface area (Å²) >= 11 is 0. The molecule has 412 valence electrons. The molecule has 73 heavy (non-hydrogen) atoms. The number of amides is 1. The van der Waals surface area contributed by atoms with E-state index in [4.69, 9.17) is 28.4 Å². The van der Waals surface area contributed by atoms with Crippen molar-refractivity contribution < 1.29 is 77.6 Å². The van der Waals surface area contributed by atoms with Crippen LogP contribution in [0.1, 0.15) is 132 Å². The normalized spacial score (nSPS) is 37.4. The average molecular weight is 1030 g/mol. The molecular weight excluding hydrogens is 943 g/mol. The smallest absolute Gasteiger partial charge is 0.329 e. The summed E-state index contributed by atoms with van der Waals surface area (Å²) in [6, 6.07) is -1.20. The molecule has 0 spiro atoms. The molecule has 0 aromatic rings. The number of fused-ring (bicyclic) bond motifs is 3. The lowest BCUT2D eigenvalue weighted by atomic mass is 9.78. The number of nitrogens with zero attached hydrogens (tertiary/aromatic N) is 1. The number of aliphatic hydroxyl groups excluding tert-OH is 3. The Morgan fingerprint density at radius 1 is 0.863 bits per heavy atom. The van der Waals surface area contributed by atoms with E-state index in [0.717, 1.165) is 10.5 Å². The first-order valence-corrected chi connectivity index (χ1v) is 26.4. The fourth-order valence-corrected chi connectivity index (χ4v) is 10.7. The van der Waals surface area contributed by atoms with Gasteiger partial charge in [0.2, 0.25) is 5.79 Å². The van der Waals surface area contributed by atoms with Crippen molar-refractivity contribution in [1.82, 2.24) is 4.90 Å². The van der Waals surface area contributed by atoms with Crippen molar-refractivity contribution >= 4 is 35.2 Å². The van der Waals surface area contributed by atoms with E-state index in [0.29, 0.717) is 69.8 Å². The Kier molecular flexibility index (Phi) is 23.9. The topological polar surface area (TPSA) is 242 Å². The van der Waals surface area contributed by atoms with Crippen LogP contribution in [0.25, 0.3) is 0 Å². The zero-order chi connectivity index (χ0) is 54.4. The summed E-state index contributed by atoms with van der Waals surface area (Å²) < 4.78 is 35.4. The molecular formula is C56H87NO16. The third-order valence-electron chi connectivity index (χ3n) is 15.9. The van der Waals surface area contributed by atoms with Gasteiger partial charge in [-0.2, -0.15) is 0 Å². The molecule has 1 amide bonds. The molecule has 2 saturated heterocycles. The minimum Gasteiger partial charge on any atom is -0.460 e. The average Bonchev–Trinajstić information content (AvgIpc) is 3.37. The van der Waals surface area contributed by atoms with Crippen molar-refractivity contribution in [3.8, 4) is 0 Å². The highest BCUT2D eigenvalue weighted by Gasteiger charge is 2.53. The number of piperidine rings is 1. The summed E-state index contributed by atoms with van der Waals surface area (Å²) in [5.74, 6) is -9.36. The molecule has 3 heterocycles. The van der Waals surface area contributed by atoms with Crippen LogP contribution in [0, 0.1) is 40.9 Å². The van der Waals surface area contributed by atoms with Gasteiger partial charge >= 0.3 is 11.9 Å². The zero-order valence-electron chi connectivity index (χ0n) is 45.3. The van der Waals surface area contributed by atoms with Gasteiger partial charge in [-0.05, 0) is 114 Å². The van der Waals surface area contributed by atoms with Crippen molar-refractivity contribution in [2.24, 2.45) is 40.9 Å². The quantitative estimate of drug-likeness (QED) is 0.116. The zero-order valence-corrected chi connectivity index (χ0v) is 45.3. The van der Waals surface area contributed by atoms with Crippen LogP contribution in [0.15, 0.2) is 47.6 Å². The van der Waals surface area contributed by atoms with Crippen molar-refractivity contribution in [3.63, 3.8) is 0 Å². The first kappa shape index (κ1) is 61.6. The van der Waals surface area contributed by atoms with Crippen LogP contribution in [0.2, 0.25) is 0 Å². The molecule has 1 aliphatic carbocycles. The highest BCUT2D eigenvalue weighted by Crippen LogP contribution is 2.38. The second-order valence-electron chi connectivity index (χ2n) is 21.8. The van der Waals surface area contributed by atoms with E-state index in [2.05, 4.69) is 0 Å². The van der Waals surface area contributed by atoms with Gasteiger partial charge in [0, 0.05) is 58.5 Å². The minimum absolute atomic E-state index is 0.00697. The predicted molar refractivity (Wildman–Crippen MR) is 271 cm³/mol. The number of esters is 2. The minimum atomic E-state index is -2.47. The Hall–Kier alpha value is -3.94. The van der Waals surface area contributed by atoms with Gasteiger partial charge in [0.05, 0.1) is 31.5 Å². The number of hydrogen-bond acceptors (Lipinski definition) is 16. The summed E-state index contributed by atoms with van der Waals surface area (Å²) in [7, 11) is 4.43. The Balaban J connectivity index is 1.69. The largest absolute Gasteiger partial charge is 0.460 e. The van der Waals surface area contributed by atoms with Gasteiger partial charge < -0.3 is 53.7 Å². The SMILES string of the molecule is COC1CC2CCC(C)C(O)(O2)C(=O)C(=O)N2CCCCC2C(=O)OC(C(C)CC2CCC(OC(=O)C(C)(CO)CO)C(OC)C2)CC(=O)C(C)/C=C(\C)C(O)C(OC)C(=O)C(C)CC(C)/C=C/C=C/C=C\1C. The van der Waals surface area contributed by atoms with E-state index in [-0.39, 0.29) is 42.8 Å². The molecule has 4 aliphatic rings. The number of methoxy groups -OCH3 is 3. The number of aliphatic hydroxyl groups is 4. The Morgan fingerprint density at radius 2 is 1.56 bits per heavy atom. The summed E-state index contributed by atoms with van der Waals surface area (Å²) in [4.78, 5) is 85.4. The van der Waals surface area contributed by atoms with Crippen molar-refractivity contribution in [3.05, 3.63) is 47.6 Å². The number of Topliss-reactive ketones (excluding diaryl/α,β-unsaturated/α-hetero) is 3. The fourth-order valence-electron chi connectivity index (χ4n) is 10.7. The number of carbonyl (C=O) groups is 6. The van der Waals surface area contributed by atoms with Gasteiger partial charge in [0.1, 0.15) is 41.7 Å². The molecule has 2 bridgehead atoms. The summed E-state index contributed by atoms with van der Waals surface area (Å²) in [5, 5.41) is 43.1. The third kappa shape index (κ3) is 16.0. The van der Waals surface area contributed by atoms with Gasteiger partial charge in [0.15, 0.2) is 5.78 Å². The lowest BCUT2D eigenvalue weighted by molar-refractivity contribution is -0.265. The monoisotopic (exact) mass is 1030 g/mol. The second-order valence-corrected chi connectivity index (χ2v) is 21.8. The van der Waals surface area contributed by atoms with Gasteiger partial charge in [-0.25, -0.2) is 4.79 Å². The molecule has 3 fully saturated rings. The molecule has 0 aromatic carbocycles. The first-order valence-electron chi connectivity index (χ1n) is 26.4. The van der Waals surface area contributed by atoms with E-state index >= 15 is 0 Å². The highest BCUT2D eigenvalue weighted by molar-refractivity contribution is 6.39. The van der Waals surface area contributed by atoms with Crippen LogP contribution >= 0.6 is 0 Å². The fraction of sp³-hybridized carbons (Fsp3) is 0.750. The summed E-state index contributed by atoms with van der Waals surface area (Å²) in [5.41, 5.74) is -0.277. The lowest BCUT2D eigenvalue weighted by Gasteiger charge is -2.42. The van der Waals surface area contributed by atoms with Crippen LogP contribution in [0.5, 0.6) is 0 Å². The van der Waals surface area contributed by atoms with Gasteiger partial charge in [-0.15, -0.1) is 0 Å². The van der Waals surface area contributed by atoms with E-state index in [1.54, 1.807) is 40.9 Å². The molecule has 4 rings (SSSR count). The molecule has 15 unspecified atom stereocenters. The molecule has 0 radical (unpaired) electrons.